The molecule has 0 atom stereocenters. The summed E-state index contributed by atoms with van der Waals surface area (Å²) in [6.45, 7) is 0.379. The fourth-order valence-corrected chi connectivity index (χ4v) is 2.43. The smallest absolute Gasteiger partial charge is 0.287 e. The van der Waals surface area contributed by atoms with Gasteiger partial charge in [0.25, 0.3) is 5.91 Å². The van der Waals surface area contributed by atoms with E-state index in [4.69, 9.17) is 4.42 Å². The minimum Gasteiger partial charge on any atom is -0.459 e. The number of aromatic nitrogens is 2. The van der Waals surface area contributed by atoms with Gasteiger partial charge in [-0.2, -0.15) is 0 Å². The Hall–Kier alpha value is -2.47. The standard InChI is InChI=1S/C14H11N3O2S/c18-14(12-4-2-6-19-12)16-8-13-17-11(9-20-13)10-3-1-5-15-7-10/h1-7,9H,8H2,(H,16,18). The van der Waals surface area contributed by atoms with Gasteiger partial charge in [0, 0.05) is 23.3 Å². The zero-order valence-corrected chi connectivity index (χ0v) is 11.3. The lowest BCUT2D eigenvalue weighted by Gasteiger charge is -1.99. The SMILES string of the molecule is O=C(NCc1nc(-c2cccnc2)cs1)c1ccco1. The van der Waals surface area contributed by atoms with Crippen molar-refractivity contribution in [2.75, 3.05) is 0 Å². The van der Waals surface area contributed by atoms with Crippen molar-refractivity contribution in [3.63, 3.8) is 0 Å². The zero-order chi connectivity index (χ0) is 13.8. The molecule has 0 fully saturated rings. The van der Waals surface area contributed by atoms with E-state index >= 15 is 0 Å². The van der Waals surface area contributed by atoms with Crippen LogP contribution in [-0.4, -0.2) is 15.9 Å². The first kappa shape index (κ1) is 12.6. The monoisotopic (exact) mass is 285 g/mol. The summed E-state index contributed by atoms with van der Waals surface area (Å²) in [4.78, 5) is 20.2. The molecule has 3 rings (SSSR count). The molecule has 0 aliphatic rings. The molecule has 1 amide bonds. The van der Waals surface area contributed by atoms with Crippen LogP contribution in [0.4, 0.5) is 0 Å². The first-order chi connectivity index (χ1) is 9.83. The number of carbonyl (C=O) groups is 1. The Balaban J connectivity index is 1.65. The molecule has 0 aliphatic heterocycles. The van der Waals surface area contributed by atoms with Crippen molar-refractivity contribution < 1.29 is 9.21 Å². The second-order valence-electron chi connectivity index (χ2n) is 4.03. The molecule has 5 nitrogen and oxygen atoms in total. The number of furan rings is 1. The Labute approximate surface area is 119 Å². The zero-order valence-electron chi connectivity index (χ0n) is 10.4. The third-order valence-corrected chi connectivity index (χ3v) is 3.50. The summed E-state index contributed by atoms with van der Waals surface area (Å²) in [7, 11) is 0. The van der Waals surface area contributed by atoms with Gasteiger partial charge < -0.3 is 9.73 Å². The molecule has 0 unspecified atom stereocenters. The molecule has 3 heterocycles. The Morgan fingerprint density at radius 2 is 2.30 bits per heavy atom. The van der Waals surface area contributed by atoms with Gasteiger partial charge in [-0.25, -0.2) is 4.98 Å². The van der Waals surface area contributed by atoms with Crippen LogP contribution in [-0.2, 0) is 6.54 Å². The third-order valence-electron chi connectivity index (χ3n) is 2.65. The summed E-state index contributed by atoms with van der Waals surface area (Å²) in [6.07, 6.45) is 4.96. The van der Waals surface area contributed by atoms with E-state index in [9.17, 15) is 4.79 Å². The average molecular weight is 285 g/mol. The van der Waals surface area contributed by atoms with Gasteiger partial charge in [-0.15, -0.1) is 11.3 Å². The Morgan fingerprint density at radius 1 is 1.35 bits per heavy atom. The molecule has 0 aliphatic carbocycles. The highest BCUT2D eigenvalue weighted by Crippen LogP contribution is 2.20. The molecule has 0 saturated heterocycles. The van der Waals surface area contributed by atoms with Gasteiger partial charge in [-0.3, -0.25) is 9.78 Å². The van der Waals surface area contributed by atoms with E-state index in [-0.39, 0.29) is 5.91 Å². The van der Waals surface area contributed by atoms with E-state index in [0.29, 0.717) is 12.3 Å². The Kier molecular flexibility index (Phi) is 3.56. The van der Waals surface area contributed by atoms with Crippen LogP contribution >= 0.6 is 11.3 Å². The highest BCUT2D eigenvalue weighted by atomic mass is 32.1. The molecule has 3 aromatic rings. The van der Waals surface area contributed by atoms with Gasteiger partial charge in [0.1, 0.15) is 5.01 Å². The van der Waals surface area contributed by atoms with Gasteiger partial charge >= 0.3 is 0 Å². The lowest BCUT2D eigenvalue weighted by molar-refractivity contribution is 0.0923. The molecule has 100 valence electrons. The van der Waals surface area contributed by atoms with E-state index in [1.165, 1.54) is 17.6 Å². The maximum Gasteiger partial charge on any atom is 0.287 e. The highest BCUT2D eigenvalue weighted by molar-refractivity contribution is 7.09. The van der Waals surface area contributed by atoms with Crippen LogP contribution in [0.15, 0.2) is 52.7 Å². The first-order valence-corrected chi connectivity index (χ1v) is 6.87. The number of hydrogen-bond donors (Lipinski definition) is 1. The number of hydrogen-bond acceptors (Lipinski definition) is 5. The molecular formula is C14H11N3O2S. The number of nitrogens with one attached hydrogen (secondary N) is 1. The molecule has 20 heavy (non-hydrogen) atoms. The van der Waals surface area contributed by atoms with Crippen molar-refractivity contribution >= 4 is 17.2 Å². The fourth-order valence-electron chi connectivity index (χ4n) is 1.69. The summed E-state index contributed by atoms with van der Waals surface area (Å²) < 4.78 is 5.02. The summed E-state index contributed by atoms with van der Waals surface area (Å²) in [6, 6.07) is 7.12. The quantitative estimate of drug-likeness (QED) is 0.800. The fraction of sp³-hybridized carbons (Fsp3) is 0.0714. The van der Waals surface area contributed by atoms with Crippen LogP contribution in [0.5, 0.6) is 0 Å². The number of thiazole rings is 1. The van der Waals surface area contributed by atoms with E-state index < -0.39 is 0 Å². The maximum absolute atomic E-state index is 11.7. The average Bonchev–Trinajstić information content (AvgIpc) is 3.17. The van der Waals surface area contributed by atoms with Crippen molar-refractivity contribution in [2.45, 2.75) is 6.54 Å². The minimum atomic E-state index is -0.242. The van der Waals surface area contributed by atoms with Crippen LogP contribution in [0, 0.1) is 0 Å². The van der Waals surface area contributed by atoms with Crippen molar-refractivity contribution in [2.24, 2.45) is 0 Å². The predicted molar refractivity (Wildman–Crippen MR) is 75.2 cm³/mol. The summed E-state index contributed by atoms with van der Waals surface area (Å²) in [5.41, 5.74) is 1.83. The summed E-state index contributed by atoms with van der Waals surface area (Å²) in [5, 5.41) is 5.55. The molecule has 0 aromatic carbocycles. The van der Waals surface area contributed by atoms with Crippen molar-refractivity contribution in [1.29, 1.82) is 0 Å². The lowest BCUT2D eigenvalue weighted by atomic mass is 10.2. The number of pyridine rings is 1. The highest BCUT2D eigenvalue weighted by Gasteiger charge is 2.09. The van der Waals surface area contributed by atoms with Crippen molar-refractivity contribution in [3.05, 3.63) is 59.1 Å². The van der Waals surface area contributed by atoms with Gasteiger partial charge in [0.2, 0.25) is 0 Å². The number of nitrogens with zero attached hydrogens (tertiary/aromatic N) is 2. The van der Waals surface area contributed by atoms with Crippen molar-refractivity contribution in [3.8, 4) is 11.3 Å². The summed E-state index contributed by atoms with van der Waals surface area (Å²) in [5.74, 6) is 0.0576. The van der Waals surface area contributed by atoms with Crippen LogP contribution in [0.2, 0.25) is 0 Å². The van der Waals surface area contributed by atoms with Gasteiger partial charge in [0.15, 0.2) is 5.76 Å². The predicted octanol–water partition coefficient (Wildman–Crippen LogP) is 2.73. The van der Waals surface area contributed by atoms with Crippen molar-refractivity contribution in [1.82, 2.24) is 15.3 Å². The molecular weight excluding hydrogens is 274 g/mol. The van der Waals surface area contributed by atoms with Crippen LogP contribution < -0.4 is 5.32 Å². The summed E-state index contributed by atoms with van der Waals surface area (Å²) >= 11 is 1.50. The second kappa shape index (κ2) is 5.66. The van der Waals surface area contributed by atoms with E-state index in [1.807, 2.05) is 17.5 Å². The topological polar surface area (TPSA) is 68.0 Å². The minimum absolute atomic E-state index is 0.242. The largest absolute Gasteiger partial charge is 0.459 e. The van der Waals surface area contributed by atoms with Crippen LogP contribution in [0.1, 0.15) is 15.6 Å². The number of carbonyl (C=O) groups excluding carboxylic acids is 1. The lowest BCUT2D eigenvalue weighted by Crippen LogP contribution is -2.22. The van der Waals surface area contributed by atoms with Crippen LogP contribution in [0.3, 0.4) is 0 Å². The third kappa shape index (κ3) is 2.75. The van der Waals surface area contributed by atoms with Gasteiger partial charge in [-0.1, -0.05) is 0 Å². The Bertz CT molecular complexity index is 692. The molecule has 1 N–H and O–H groups in total. The molecule has 6 heteroatoms. The maximum atomic E-state index is 11.7. The molecule has 3 aromatic heterocycles. The van der Waals surface area contributed by atoms with Crippen LogP contribution in [0.25, 0.3) is 11.3 Å². The van der Waals surface area contributed by atoms with E-state index in [0.717, 1.165) is 16.3 Å². The Morgan fingerprint density at radius 3 is 3.05 bits per heavy atom. The number of amides is 1. The van der Waals surface area contributed by atoms with E-state index in [2.05, 4.69) is 15.3 Å². The molecule has 0 spiro atoms. The van der Waals surface area contributed by atoms with Gasteiger partial charge in [0.05, 0.1) is 18.5 Å². The second-order valence-corrected chi connectivity index (χ2v) is 4.97. The molecule has 0 radical (unpaired) electrons. The molecule has 0 bridgehead atoms. The van der Waals surface area contributed by atoms with E-state index in [1.54, 1.807) is 24.5 Å². The first-order valence-electron chi connectivity index (χ1n) is 5.99. The van der Waals surface area contributed by atoms with Gasteiger partial charge in [-0.05, 0) is 24.3 Å². The molecule has 0 saturated carbocycles. The normalized spacial score (nSPS) is 10.4. The number of rotatable bonds is 4.